The Balaban J connectivity index is 1.78. The number of rotatable bonds is 6. The Kier molecular flexibility index (Phi) is 6.43. The molecule has 27 heavy (non-hydrogen) atoms. The predicted molar refractivity (Wildman–Crippen MR) is 110 cm³/mol. The van der Waals surface area contributed by atoms with Crippen molar-refractivity contribution in [3.63, 3.8) is 0 Å². The third-order valence-corrected chi connectivity index (χ3v) is 4.33. The molecule has 0 bridgehead atoms. The Morgan fingerprint density at radius 3 is 2.41 bits per heavy atom. The van der Waals surface area contributed by atoms with Crippen LogP contribution >= 0.6 is 22.6 Å². The number of carbonyl (C=O) groups is 2. The Labute approximate surface area is 170 Å². The van der Waals surface area contributed by atoms with Gasteiger partial charge < -0.3 is 14.5 Å². The zero-order chi connectivity index (χ0) is 19.1. The number of benzene rings is 2. The van der Waals surface area contributed by atoms with Gasteiger partial charge in [-0.25, -0.2) is 4.79 Å². The highest BCUT2D eigenvalue weighted by molar-refractivity contribution is 14.1. The summed E-state index contributed by atoms with van der Waals surface area (Å²) in [7, 11) is 0. The zero-order valence-corrected chi connectivity index (χ0v) is 16.4. The highest BCUT2D eigenvalue weighted by atomic mass is 127. The second-order valence-corrected chi connectivity index (χ2v) is 6.83. The number of hydrogen-bond acceptors (Lipinski definition) is 4. The van der Waals surface area contributed by atoms with Crippen molar-refractivity contribution in [2.45, 2.75) is 6.61 Å². The minimum Gasteiger partial charge on any atom is -0.466 e. The van der Waals surface area contributed by atoms with Gasteiger partial charge in [-0.1, -0.05) is 30.3 Å². The van der Waals surface area contributed by atoms with Crippen molar-refractivity contribution in [3.8, 4) is 0 Å². The molecule has 136 valence electrons. The minimum absolute atomic E-state index is 0.0165. The van der Waals surface area contributed by atoms with E-state index in [0.717, 1.165) is 9.13 Å². The normalized spacial score (nSPS) is 11.1. The smallest absolute Gasteiger partial charge is 0.355 e. The Hall–Kier alpha value is -2.87. The molecule has 0 unspecified atom stereocenters. The molecule has 0 spiro atoms. The molecule has 1 N–H and O–H groups in total. The molecule has 0 aliphatic rings. The maximum Gasteiger partial charge on any atom is 0.355 e. The van der Waals surface area contributed by atoms with Crippen LogP contribution in [0.2, 0.25) is 0 Å². The van der Waals surface area contributed by atoms with E-state index in [0.29, 0.717) is 11.3 Å². The molecule has 3 rings (SSSR count). The molecule has 1 aromatic heterocycles. The van der Waals surface area contributed by atoms with E-state index < -0.39 is 5.97 Å². The fourth-order valence-corrected chi connectivity index (χ4v) is 2.63. The monoisotopic (exact) mass is 473 g/mol. The van der Waals surface area contributed by atoms with E-state index in [-0.39, 0.29) is 18.2 Å². The van der Waals surface area contributed by atoms with Gasteiger partial charge in [-0.05, 0) is 70.6 Å². The van der Waals surface area contributed by atoms with Crippen molar-refractivity contribution >= 4 is 40.5 Å². The van der Waals surface area contributed by atoms with Crippen LogP contribution in [0.5, 0.6) is 0 Å². The summed E-state index contributed by atoms with van der Waals surface area (Å²) in [5.41, 5.74) is 1.27. The summed E-state index contributed by atoms with van der Waals surface area (Å²) >= 11 is 2.16. The fourth-order valence-electron chi connectivity index (χ4n) is 2.27. The van der Waals surface area contributed by atoms with Crippen molar-refractivity contribution in [1.82, 2.24) is 5.32 Å². The molecule has 1 amide bonds. The first-order valence-electron chi connectivity index (χ1n) is 8.15. The molecule has 2 aromatic carbocycles. The fraction of sp³-hybridized carbons (Fsp3) is 0.0476. The quantitative estimate of drug-likeness (QED) is 0.328. The molecule has 0 saturated carbocycles. The number of esters is 1. The van der Waals surface area contributed by atoms with Gasteiger partial charge in [-0.15, -0.1) is 0 Å². The summed E-state index contributed by atoms with van der Waals surface area (Å²) in [6.45, 7) is -0.0165. The lowest BCUT2D eigenvalue weighted by atomic mass is 10.1. The molecular weight excluding hydrogens is 457 g/mol. The summed E-state index contributed by atoms with van der Waals surface area (Å²) in [5, 5.41) is 2.65. The third kappa shape index (κ3) is 5.55. The van der Waals surface area contributed by atoms with Gasteiger partial charge >= 0.3 is 5.97 Å². The molecule has 6 heteroatoms. The summed E-state index contributed by atoms with van der Waals surface area (Å²) in [6.07, 6.45) is 3.08. The van der Waals surface area contributed by atoms with Crippen molar-refractivity contribution in [2.75, 3.05) is 0 Å². The second-order valence-electron chi connectivity index (χ2n) is 5.59. The number of hydrogen-bond donors (Lipinski definition) is 1. The van der Waals surface area contributed by atoms with Crippen molar-refractivity contribution in [1.29, 1.82) is 0 Å². The molecule has 0 fully saturated rings. The Morgan fingerprint density at radius 2 is 1.74 bits per heavy atom. The van der Waals surface area contributed by atoms with Crippen LogP contribution in [0.25, 0.3) is 6.08 Å². The van der Waals surface area contributed by atoms with Crippen LogP contribution in [0, 0.1) is 3.57 Å². The van der Waals surface area contributed by atoms with Crippen LogP contribution in [0.4, 0.5) is 0 Å². The van der Waals surface area contributed by atoms with Gasteiger partial charge in [0.2, 0.25) is 0 Å². The molecule has 5 nitrogen and oxygen atoms in total. The van der Waals surface area contributed by atoms with E-state index in [4.69, 9.17) is 9.15 Å². The van der Waals surface area contributed by atoms with Crippen LogP contribution in [0.1, 0.15) is 21.7 Å². The average Bonchev–Trinajstić information content (AvgIpc) is 3.20. The topological polar surface area (TPSA) is 68.5 Å². The van der Waals surface area contributed by atoms with Crippen molar-refractivity contribution < 1.29 is 18.7 Å². The van der Waals surface area contributed by atoms with E-state index in [1.165, 1.54) is 6.26 Å². The zero-order valence-electron chi connectivity index (χ0n) is 14.2. The second kappa shape index (κ2) is 9.18. The highest BCUT2D eigenvalue weighted by Gasteiger charge is 2.16. The number of ether oxygens (including phenoxy) is 1. The number of nitrogens with one attached hydrogen (secondary N) is 1. The van der Waals surface area contributed by atoms with Crippen LogP contribution in [-0.2, 0) is 16.1 Å². The molecule has 0 saturated heterocycles. The number of amides is 1. The van der Waals surface area contributed by atoms with Crippen LogP contribution in [0.15, 0.2) is 83.1 Å². The van der Waals surface area contributed by atoms with Crippen molar-refractivity contribution in [3.05, 3.63) is 99.1 Å². The Bertz CT molecular complexity index is 932. The molecule has 1 heterocycles. The standard InChI is InChI=1S/C21H16INO4/c22-17-10-8-16(9-11-17)20(24)23-19(13-15-5-2-1-3-6-15)21(25)27-14-18-7-4-12-26-18/h1-13H,14H2,(H,23,24). The highest BCUT2D eigenvalue weighted by Crippen LogP contribution is 2.11. The molecule has 0 radical (unpaired) electrons. The summed E-state index contributed by atoms with van der Waals surface area (Å²) in [6, 6.07) is 19.7. The van der Waals surface area contributed by atoms with Crippen LogP contribution in [0.3, 0.4) is 0 Å². The van der Waals surface area contributed by atoms with Gasteiger partial charge in [0.1, 0.15) is 18.1 Å². The number of carbonyl (C=O) groups excluding carboxylic acids is 2. The van der Waals surface area contributed by atoms with Crippen LogP contribution < -0.4 is 5.32 Å². The van der Waals surface area contributed by atoms with Crippen molar-refractivity contribution in [2.24, 2.45) is 0 Å². The van der Waals surface area contributed by atoms with Gasteiger partial charge in [0.05, 0.1) is 6.26 Å². The van der Waals surface area contributed by atoms with Gasteiger partial charge in [-0.2, -0.15) is 0 Å². The number of furan rings is 1. The first-order valence-corrected chi connectivity index (χ1v) is 9.23. The SMILES string of the molecule is O=C(OCc1ccco1)C(=Cc1ccccc1)NC(=O)c1ccc(I)cc1. The lowest BCUT2D eigenvalue weighted by molar-refractivity contribution is -0.141. The van der Waals surface area contributed by atoms with E-state index in [1.54, 1.807) is 30.3 Å². The molecule has 0 aliphatic carbocycles. The van der Waals surface area contributed by atoms with Gasteiger partial charge in [0, 0.05) is 9.13 Å². The molecule has 3 aromatic rings. The first kappa shape index (κ1) is 18.9. The van der Waals surface area contributed by atoms with E-state index in [9.17, 15) is 9.59 Å². The van der Waals surface area contributed by atoms with Gasteiger partial charge in [0.25, 0.3) is 5.91 Å². The van der Waals surface area contributed by atoms with E-state index in [1.807, 2.05) is 42.5 Å². The summed E-state index contributed by atoms with van der Waals surface area (Å²) in [5.74, 6) is -0.510. The van der Waals surface area contributed by atoms with E-state index in [2.05, 4.69) is 27.9 Å². The average molecular weight is 473 g/mol. The first-order chi connectivity index (χ1) is 13.1. The largest absolute Gasteiger partial charge is 0.466 e. The lowest BCUT2D eigenvalue weighted by Gasteiger charge is -2.10. The third-order valence-electron chi connectivity index (χ3n) is 3.61. The lowest BCUT2D eigenvalue weighted by Crippen LogP contribution is -2.28. The maximum atomic E-state index is 12.5. The minimum atomic E-state index is -0.644. The molecule has 0 aliphatic heterocycles. The molecular formula is C21H16INO4. The summed E-state index contributed by atoms with van der Waals surface area (Å²) < 4.78 is 11.4. The number of halogens is 1. The van der Waals surface area contributed by atoms with E-state index >= 15 is 0 Å². The molecule has 0 atom stereocenters. The maximum absolute atomic E-state index is 12.5. The van der Waals surface area contributed by atoms with Crippen LogP contribution in [-0.4, -0.2) is 11.9 Å². The Morgan fingerprint density at radius 1 is 1.00 bits per heavy atom. The van der Waals surface area contributed by atoms with Gasteiger partial charge in [-0.3, -0.25) is 4.79 Å². The van der Waals surface area contributed by atoms with Gasteiger partial charge in [0.15, 0.2) is 0 Å². The summed E-state index contributed by atoms with van der Waals surface area (Å²) in [4.78, 5) is 25.0. The predicted octanol–water partition coefficient (Wildman–Crippen LogP) is 4.40.